The second-order valence-corrected chi connectivity index (χ2v) is 7.36. The highest BCUT2D eigenvalue weighted by molar-refractivity contribution is 5.95. The van der Waals surface area contributed by atoms with E-state index in [1.165, 1.54) is 6.26 Å². The molecule has 2 aromatic heterocycles. The van der Waals surface area contributed by atoms with Gasteiger partial charge in [-0.05, 0) is 38.2 Å². The highest BCUT2D eigenvalue weighted by atomic mass is 16.5. The fourth-order valence-corrected chi connectivity index (χ4v) is 3.65. The molecule has 1 aliphatic rings. The molecule has 2 amide bonds. The Balaban J connectivity index is 1.63. The third-order valence-corrected chi connectivity index (χ3v) is 4.99. The molecular formula is C22H23N5O5. The van der Waals surface area contributed by atoms with E-state index < -0.39 is 18.0 Å². The lowest BCUT2D eigenvalue weighted by molar-refractivity contribution is -0.139. The maximum absolute atomic E-state index is 12.8. The molecule has 3 heterocycles. The molecule has 0 radical (unpaired) electrons. The number of nitrogens with zero attached hydrogens (tertiary/aromatic N) is 2. The van der Waals surface area contributed by atoms with Crippen LogP contribution in [-0.4, -0.2) is 47.1 Å². The predicted molar refractivity (Wildman–Crippen MR) is 115 cm³/mol. The number of fused-ring (bicyclic) bond motifs is 1. The second kappa shape index (κ2) is 9.06. The van der Waals surface area contributed by atoms with Gasteiger partial charge in [0.25, 0.3) is 5.56 Å². The van der Waals surface area contributed by atoms with Crippen molar-refractivity contribution in [3.05, 3.63) is 75.9 Å². The van der Waals surface area contributed by atoms with Crippen LogP contribution in [0.25, 0.3) is 10.9 Å². The number of benzene rings is 1. The average molecular weight is 437 g/mol. The molecule has 0 bridgehead atoms. The van der Waals surface area contributed by atoms with Crippen LogP contribution in [0.5, 0.6) is 0 Å². The fourth-order valence-electron chi connectivity index (χ4n) is 3.65. The largest absolute Gasteiger partial charge is 0.467 e. The van der Waals surface area contributed by atoms with Gasteiger partial charge < -0.3 is 24.8 Å². The number of aromatic nitrogens is 2. The van der Waals surface area contributed by atoms with Crippen LogP contribution in [0.1, 0.15) is 24.6 Å². The highest BCUT2D eigenvalue weighted by Crippen LogP contribution is 2.28. The smallest absolute Gasteiger partial charge is 0.338 e. The molecule has 0 saturated carbocycles. The monoisotopic (exact) mass is 437 g/mol. The van der Waals surface area contributed by atoms with E-state index in [-0.39, 0.29) is 30.8 Å². The van der Waals surface area contributed by atoms with Gasteiger partial charge in [0.15, 0.2) is 0 Å². The first-order chi connectivity index (χ1) is 15.5. The first kappa shape index (κ1) is 21.3. The molecule has 0 spiro atoms. The summed E-state index contributed by atoms with van der Waals surface area (Å²) in [6, 6.07) is 9.21. The quantitative estimate of drug-likeness (QED) is 0.481. The third-order valence-electron chi connectivity index (χ3n) is 4.99. The Bertz CT molecular complexity index is 1230. The minimum Gasteiger partial charge on any atom is -0.467 e. The summed E-state index contributed by atoms with van der Waals surface area (Å²) in [5.41, 5.74) is 1.02. The van der Waals surface area contributed by atoms with E-state index in [1.807, 2.05) is 11.0 Å². The molecule has 3 aromatic rings. The van der Waals surface area contributed by atoms with Crippen LogP contribution in [0.3, 0.4) is 0 Å². The van der Waals surface area contributed by atoms with Gasteiger partial charge in [0, 0.05) is 12.2 Å². The Morgan fingerprint density at radius 1 is 1.19 bits per heavy atom. The van der Waals surface area contributed by atoms with Crippen LogP contribution in [0.4, 0.5) is 4.79 Å². The van der Waals surface area contributed by atoms with Gasteiger partial charge in [-0.3, -0.25) is 9.69 Å². The molecule has 0 saturated heterocycles. The van der Waals surface area contributed by atoms with Gasteiger partial charge in [-0.2, -0.15) is 0 Å². The summed E-state index contributed by atoms with van der Waals surface area (Å²) in [7, 11) is 1.79. The van der Waals surface area contributed by atoms with Crippen molar-refractivity contribution in [1.29, 1.82) is 0 Å². The number of carbonyl (C=O) groups is 2. The number of hydrogen-bond donors (Lipinski definition) is 3. The van der Waals surface area contributed by atoms with Gasteiger partial charge in [0.2, 0.25) is 0 Å². The Hall–Kier alpha value is -3.92. The van der Waals surface area contributed by atoms with Gasteiger partial charge in [-0.1, -0.05) is 12.1 Å². The summed E-state index contributed by atoms with van der Waals surface area (Å²) in [5.74, 6) is 0.336. The zero-order chi connectivity index (χ0) is 22.7. The van der Waals surface area contributed by atoms with Crippen LogP contribution in [0.2, 0.25) is 0 Å². The standard InChI is InChI=1S/C22H23N5O5/c1-3-31-21(29)18-15(24-22(30)26-19(18)16-9-6-10-32-16)11-27(2)12-17-23-14-8-5-4-7-13(14)20(28)25-17/h4-10,19H,3,11-12H2,1-2H3,(H,23,25,28)(H2,24,26,30)/t19-/m0/s1. The lowest BCUT2D eigenvalue weighted by Crippen LogP contribution is -2.48. The maximum atomic E-state index is 12.8. The van der Waals surface area contributed by atoms with Gasteiger partial charge in [0.1, 0.15) is 17.6 Å². The van der Waals surface area contributed by atoms with Crippen molar-refractivity contribution < 1.29 is 18.7 Å². The van der Waals surface area contributed by atoms with Crippen molar-refractivity contribution in [3.8, 4) is 0 Å². The van der Waals surface area contributed by atoms with Crippen molar-refractivity contribution in [3.63, 3.8) is 0 Å². The molecule has 1 atom stereocenters. The molecule has 10 heteroatoms. The molecule has 10 nitrogen and oxygen atoms in total. The molecule has 4 rings (SSSR count). The van der Waals surface area contributed by atoms with Crippen molar-refractivity contribution in [2.24, 2.45) is 0 Å². The lowest BCUT2D eigenvalue weighted by Gasteiger charge is -2.29. The number of carbonyl (C=O) groups excluding carboxylic acids is 2. The summed E-state index contributed by atoms with van der Waals surface area (Å²) in [5, 5.41) is 5.93. The number of esters is 1. The first-order valence-electron chi connectivity index (χ1n) is 10.1. The highest BCUT2D eigenvalue weighted by Gasteiger charge is 2.35. The zero-order valence-corrected chi connectivity index (χ0v) is 17.7. The Morgan fingerprint density at radius 2 is 2.00 bits per heavy atom. The second-order valence-electron chi connectivity index (χ2n) is 7.36. The number of hydrogen-bond acceptors (Lipinski definition) is 7. The van der Waals surface area contributed by atoms with Crippen LogP contribution in [-0.2, 0) is 16.1 Å². The van der Waals surface area contributed by atoms with Gasteiger partial charge >= 0.3 is 12.0 Å². The predicted octanol–water partition coefficient (Wildman–Crippen LogP) is 1.82. The van der Waals surface area contributed by atoms with E-state index in [4.69, 9.17) is 9.15 Å². The average Bonchev–Trinajstić information content (AvgIpc) is 3.28. The van der Waals surface area contributed by atoms with Gasteiger partial charge in [-0.15, -0.1) is 0 Å². The topological polar surface area (TPSA) is 130 Å². The lowest BCUT2D eigenvalue weighted by atomic mass is 10.00. The maximum Gasteiger partial charge on any atom is 0.338 e. The number of rotatable bonds is 7. The van der Waals surface area contributed by atoms with E-state index in [9.17, 15) is 14.4 Å². The molecule has 3 N–H and O–H groups in total. The number of ether oxygens (including phenoxy) is 1. The van der Waals surface area contributed by atoms with Crippen LogP contribution in [0, 0.1) is 0 Å². The van der Waals surface area contributed by atoms with E-state index in [2.05, 4.69) is 20.6 Å². The van der Waals surface area contributed by atoms with Crippen molar-refractivity contribution in [2.75, 3.05) is 20.2 Å². The number of H-pyrrole nitrogens is 1. The van der Waals surface area contributed by atoms with Crippen molar-refractivity contribution in [1.82, 2.24) is 25.5 Å². The van der Waals surface area contributed by atoms with E-state index in [1.54, 1.807) is 44.3 Å². The van der Waals surface area contributed by atoms with Crippen molar-refractivity contribution >= 4 is 22.9 Å². The molecule has 0 aliphatic carbocycles. The molecule has 1 aromatic carbocycles. The number of aromatic amines is 1. The van der Waals surface area contributed by atoms with E-state index in [0.29, 0.717) is 28.2 Å². The van der Waals surface area contributed by atoms with Gasteiger partial charge in [-0.25, -0.2) is 14.6 Å². The Labute approximate surface area is 183 Å². The number of furan rings is 1. The number of para-hydroxylation sites is 1. The van der Waals surface area contributed by atoms with Crippen molar-refractivity contribution in [2.45, 2.75) is 19.5 Å². The Morgan fingerprint density at radius 3 is 2.75 bits per heavy atom. The molecule has 0 unspecified atom stereocenters. The van der Waals surface area contributed by atoms with Crippen LogP contribution >= 0.6 is 0 Å². The summed E-state index contributed by atoms with van der Waals surface area (Å²) in [6.07, 6.45) is 1.47. The van der Waals surface area contributed by atoms with Crippen LogP contribution in [0.15, 0.2) is 63.1 Å². The summed E-state index contributed by atoms with van der Waals surface area (Å²) >= 11 is 0. The fraction of sp³-hybridized carbons (Fsp3) is 0.273. The summed E-state index contributed by atoms with van der Waals surface area (Å²) in [6.45, 7) is 2.39. The first-order valence-corrected chi connectivity index (χ1v) is 10.1. The molecule has 0 fully saturated rings. The number of amides is 2. The zero-order valence-electron chi connectivity index (χ0n) is 17.7. The third kappa shape index (κ3) is 4.40. The normalized spacial score (nSPS) is 16.2. The molecule has 166 valence electrons. The minimum atomic E-state index is -0.778. The number of nitrogens with one attached hydrogen (secondary N) is 3. The Kier molecular flexibility index (Phi) is 6.04. The van der Waals surface area contributed by atoms with E-state index in [0.717, 1.165) is 0 Å². The van der Waals surface area contributed by atoms with E-state index >= 15 is 0 Å². The molecule has 1 aliphatic heterocycles. The SMILES string of the molecule is CCOC(=O)C1=C(CN(C)Cc2nc3ccccc3c(=O)[nH]2)NC(=O)N[C@H]1c1ccco1. The number of likely N-dealkylation sites (N-methyl/N-ethyl adjacent to an activating group) is 1. The minimum absolute atomic E-state index is 0.187. The van der Waals surface area contributed by atoms with Gasteiger partial charge in [0.05, 0.1) is 35.9 Å². The van der Waals surface area contributed by atoms with Crippen LogP contribution < -0.4 is 16.2 Å². The summed E-state index contributed by atoms with van der Waals surface area (Å²) < 4.78 is 10.7. The molecular weight excluding hydrogens is 414 g/mol. The number of urea groups is 1. The summed E-state index contributed by atoms with van der Waals surface area (Å²) in [4.78, 5) is 46.5. The molecule has 32 heavy (non-hydrogen) atoms.